The Bertz CT molecular complexity index is 764. The topological polar surface area (TPSA) is 81.1 Å². The van der Waals surface area contributed by atoms with Gasteiger partial charge in [0.1, 0.15) is 5.75 Å². The average Bonchev–Trinajstić information content (AvgIpc) is 3.09. The maximum Gasteiger partial charge on any atom is 0.273 e. The molecule has 0 unspecified atom stereocenters. The van der Waals surface area contributed by atoms with Gasteiger partial charge < -0.3 is 15.4 Å². The summed E-state index contributed by atoms with van der Waals surface area (Å²) in [7, 11) is 0. The number of rotatable bonds is 8. The van der Waals surface area contributed by atoms with Gasteiger partial charge >= 0.3 is 0 Å². The fraction of sp³-hybridized carbons (Fsp3) is 0.571. The molecule has 1 aliphatic heterocycles. The van der Waals surface area contributed by atoms with E-state index in [0.29, 0.717) is 30.8 Å². The Morgan fingerprint density at radius 1 is 1.29 bits per heavy atom. The van der Waals surface area contributed by atoms with Gasteiger partial charge in [0.2, 0.25) is 0 Å². The van der Waals surface area contributed by atoms with E-state index in [0.717, 1.165) is 49.4 Å². The molecule has 1 amide bonds. The third-order valence-corrected chi connectivity index (χ3v) is 5.00. The van der Waals surface area contributed by atoms with Gasteiger partial charge in [-0.2, -0.15) is 0 Å². The van der Waals surface area contributed by atoms with Crippen molar-refractivity contribution in [3.63, 3.8) is 0 Å². The van der Waals surface area contributed by atoms with E-state index >= 15 is 0 Å². The smallest absolute Gasteiger partial charge is 0.273 e. The fourth-order valence-corrected chi connectivity index (χ4v) is 3.37. The van der Waals surface area contributed by atoms with Crippen LogP contribution in [-0.4, -0.2) is 47.1 Å². The van der Waals surface area contributed by atoms with E-state index in [1.54, 1.807) is 0 Å². The van der Waals surface area contributed by atoms with Crippen molar-refractivity contribution >= 4 is 5.91 Å². The van der Waals surface area contributed by atoms with Crippen LogP contribution in [0.1, 0.15) is 54.5 Å². The monoisotopic (exact) mass is 385 g/mol. The molecule has 152 valence electrons. The highest BCUT2D eigenvalue weighted by atomic mass is 16.5. The van der Waals surface area contributed by atoms with Crippen molar-refractivity contribution in [2.45, 2.75) is 46.1 Å². The molecular weight excluding hydrogens is 354 g/mol. The van der Waals surface area contributed by atoms with Crippen LogP contribution in [0.5, 0.6) is 5.75 Å². The molecule has 7 nitrogen and oxygen atoms in total. The van der Waals surface area contributed by atoms with Crippen LogP contribution in [0.25, 0.3) is 0 Å². The molecule has 2 aromatic rings. The minimum Gasteiger partial charge on any atom is -0.493 e. The molecule has 0 saturated carbocycles. The Morgan fingerprint density at radius 3 is 2.68 bits per heavy atom. The van der Waals surface area contributed by atoms with Crippen LogP contribution in [0.2, 0.25) is 0 Å². The Hall–Kier alpha value is -2.41. The largest absolute Gasteiger partial charge is 0.493 e. The first kappa shape index (κ1) is 20.3. The number of carbonyl (C=O) groups is 1. The average molecular weight is 386 g/mol. The van der Waals surface area contributed by atoms with E-state index in [9.17, 15) is 4.79 Å². The number of ether oxygens (including phenoxy) is 1. The van der Waals surface area contributed by atoms with E-state index in [4.69, 9.17) is 4.74 Å². The molecule has 0 radical (unpaired) electrons. The molecule has 1 aliphatic rings. The zero-order valence-electron chi connectivity index (χ0n) is 17.1. The summed E-state index contributed by atoms with van der Waals surface area (Å²) in [4.78, 5) is 12.5. The molecule has 0 bridgehead atoms. The molecule has 1 aromatic carbocycles. The van der Waals surface area contributed by atoms with Gasteiger partial charge in [0.05, 0.1) is 18.3 Å². The molecule has 1 saturated heterocycles. The number of aromatic nitrogens is 3. The normalized spacial score (nSPS) is 15.0. The molecular formula is C21H31N5O2. The lowest BCUT2D eigenvalue weighted by Crippen LogP contribution is -2.30. The van der Waals surface area contributed by atoms with Crippen molar-refractivity contribution in [2.75, 3.05) is 26.2 Å². The standard InChI is InChI=1S/C21H31N5O2/c1-15(2)14-28-19-6-4-17(5-7-19)8-13-23-21(27)20-16(3)26(25-24-20)18-9-11-22-12-10-18/h4-7,15,18,22H,8-14H2,1-3H3,(H,23,27). The lowest BCUT2D eigenvalue weighted by Gasteiger charge is -2.23. The molecule has 28 heavy (non-hydrogen) atoms. The first-order valence-electron chi connectivity index (χ1n) is 10.2. The molecule has 3 rings (SSSR count). The summed E-state index contributed by atoms with van der Waals surface area (Å²) in [6.07, 6.45) is 2.79. The highest BCUT2D eigenvalue weighted by molar-refractivity contribution is 5.93. The Morgan fingerprint density at radius 2 is 2.00 bits per heavy atom. The Balaban J connectivity index is 1.48. The second-order valence-electron chi connectivity index (χ2n) is 7.80. The second kappa shape index (κ2) is 9.68. The van der Waals surface area contributed by atoms with Crippen LogP contribution >= 0.6 is 0 Å². The zero-order chi connectivity index (χ0) is 19.9. The van der Waals surface area contributed by atoms with Gasteiger partial charge in [-0.25, -0.2) is 4.68 Å². The van der Waals surface area contributed by atoms with Crippen molar-refractivity contribution in [3.05, 3.63) is 41.2 Å². The third-order valence-electron chi connectivity index (χ3n) is 5.00. The van der Waals surface area contributed by atoms with Crippen molar-refractivity contribution in [1.82, 2.24) is 25.6 Å². The molecule has 1 aromatic heterocycles. The van der Waals surface area contributed by atoms with E-state index in [1.165, 1.54) is 0 Å². The van der Waals surface area contributed by atoms with Gasteiger partial charge in [-0.15, -0.1) is 5.10 Å². The minimum absolute atomic E-state index is 0.158. The lowest BCUT2D eigenvalue weighted by atomic mass is 10.1. The molecule has 0 spiro atoms. The first-order chi connectivity index (χ1) is 13.5. The molecule has 2 N–H and O–H groups in total. The van der Waals surface area contributed by atoms with Crippen molar-refractivity contribution in [2.24, 2.45) is 5.92 Å². The second-order valence-corrected chi connectivity index (χ2v) is 7.80. The number of benzene rings is 1. The van der Waals surface area contributed by atoms with Gasteiger partial charge in [-0.05, 0) is 62.9 Å². The molecule has 7 heteroatoms. The summed E-state index contributed by atoms with van der Waals surface area (Å²) in [6, 6.07) is 8.37. The van der Waals surface area contributed by atoms with Gasteiger partial charge in [0.15, 0.2) is 5.69 Å². The van der Waals surface area contributed by atoms with Crippen LogP contribution in [0.3, 0.4) is 0 Å². The predicted molar refractivity (Wildman–Crippen MR) is 109 cm³/mol. The minimum atomic E-state index is -0.158. The molecule has 0 aliphatic carbocycles. The van der Waals surface area contributed by atoms with E-state index in [1.807, 2.05) is 35.9 Å². The van der Waals surface area contributed by atoms with Crippen molar-refractivity contribution in [1.29, 1.82) is 0 Å². The van der Waals surface area contributed by atoms with Gasteiger partial charge in [-0.3, -0.25) is 4.79 Å². The third kappa shape index (κ3) is 5.32. The Labute approximate surface area is 166 Å². The number of amides is 1. The number of hydrogen-bond acceptors (Lipinski definition) is 5. The molecule has 0 atom stereocenters. The van der Waals surface area contributed by atoms with Gasteiger partial charge in [0.25, 0.3) is 5.91 Å². The van der Waals surface area contributed by atoms with Gasteiger partial charge in [0, 0.05) is 6.54 Å². The first-order valence-corrected chi connectivity index (χ1v) is 10.2. The van der Waals surface area contributed by atoms with Crippen LogP contribution in [0.15, 0.2) is 24.3 Å². The lowest BCUT2D eigenvalue weighted by molar-refractivity contribution is 0.0948. The summed E-state index contributed by atoms with van der Waals surface area (Å²) < 4.78 is 7.61. The highest BCUT2D eigenvalue weighted by Crippen LogP contribution is 2.20. The van der Waals surface area contributed by atoms with Crippen LogP contribution in [0.4, 0.5) is 0 Å². The fourth-order valence-electron chi connectivity index (χ4n) is 3.37. The summed E-state index contributed by atoms with van der Waals surface area (Å²) >= 11 is 0. The van der Waals surface area contributed by atoms with E-state index in [2.05, 4.69) is 34.8 Å². The number of nitrogens with zero attached hydrogens (tertiary/aromatic N) is 3. The zero-order valence-corrected chi connectivity index (χ0v) is 17.1. The maximum absolute atomic E-state index is 12.5. The summed E-state index contributed by atoms with van der Waals surface area (Å²) in [5.41, 5.74) is 2.43. The molecule has 1 fully saturated rings. The van der Waals surface area contributed by atoms with Crippen LogP contribution < -0.4 is 15.4 Å². The summed E-state index contributed by atoms with van der Waals surface area (Å²) in [6.45, 7) is 9.41. The van der Waals surface area contributed by atoms with Crippen molar-refractivity contribution in [3.8, 4) is 5.75 Å². The van der Waals surface area contributed by atoms with Crippen LogP contribution in [-0.2, 0) is 6.42 Å². The van der Waals surface area contributed by atoms with Gasteiger partial charge in [-0.1, -0.05) is 31.2 Å². The molecule has 2 heterocycles. The number of hydrogen-bond donors (Lipinski definition) is 2. The predicted octanol–water partition coefficient (Wildman–Crippen LogP) is 2.52. The van der Waals surface area contributed by atoms with E-state index in [-0.39, 0.29) is 5.91 Å². The summed E-state index contributed by atoms with van der Waals surface area (Å²) in [5.74, 6) is 1.23. The van der Waals surface area contributed by atoms with Crippen molar-refractivity contribution < 1.29 is 9.53 Å². The number of nitrogens with one attached hydrogen (secondary N) is 2. The SMILES string of the molecule is Cc1c(C(=O)NCCc2ccc(OCC(C)C)cc2)nnn1C1CCNCC1. The Kier molecular flexibility index (Phi) is 7.03. The number of carbonyl (C=O) groups excluding carboxylic acids is 1. The maximum atomic E-state index is 12.5. The highest BCUT2D eigenvalue weighted by Gasteiger charge is 2.22. The quantitative estimate of drug-likeness (QED) is 0.730. The van der Waals surface area contributed by atoms with Crippen LogP contribution in [0, 0.1) is 12.8 Å². The summed E-state index contributed by atoms with van der Waals surface area (Å²) in [5, 5.41) is 14.7. The van der Waals surface area contributed by atoms with E-state index < -0.39 is 0 Å². The number of piperidine rings is 1.